The first kappa shape index (κ1) is 11.2. The Morgan fingerprint density at radius 1 is 1.36 bits per heavy atom. The molecule has 1 atom stereocenters. The molecule has 0 radical (unpaired) electrons. The van der Waals surface area contributed by atoms with Crippen molar-refractivity contribution in [2.24, 2.45) is 5.73 Å². The highest BCUT2D eigenvalue weighted by atomic mass is 16.5. The Morgan fingerprint density at radius 3 is 2.64 bits per heavy atom. The number of aryl methyl sites for hydroxylation is 1. The first-order valence-corrected chi connectivity index (χ1v) is 5.13. The van der Waals surface area contributed by atoms with Crippen molar-refractivity contribution in [2.45, 2.75) is 19.8 Å². The van der Waals surface area contributed by atoms with Crippen molar-refractivity contribution < 1.29 is 4.74 Å². The van der Waals surface area contributed by atoms with E-state index in [9.17, 15) is 0 Å². The van der Waals surface area contributed by atoms with Gasteiger partial charge in [0.1, 0.15) is 0 Å². The van der Waals surface area contributed by atoms with E-state index >= 15 is 0 Å². The van der Waals surface area contributed by atoms with Crippen LogP contribution < -0.4 is 5.73 Å². The molecule has 0 spiro atoms. The van der Waals surface area contributed by atoms with Crippen LogP contribution in [0.3, 0.4) is 0 Å². The molecule has 0 saturated carbocycles. The molecule has 0 aliphatic heterocycles. The van der Waals surface area contributed by atoms with Gasteiger partial charge in [-0.1, -0.05) is 24.3 Å². The van der Waals surface area contributed by atoms with E-state index in [2.05, 4.69) is 25.1 Å². The quantitative estimate of drug-likeness (QED) is 0.777. The van der Waals surface area contributed by atoms with E-state index in [-0.39, 0.29) is 0 Å². The maximum atomic E-state index is 5.73. The van der Waals surface area contributed by atoms with Crippen molar-refractivity contribution in [3.05, 3.63) is 35.4 Å². The molecule has 1 rings (SSSR count). The van der Waals surface area contributed by atoms with Crippen LogP contribution in [0.4, 0.5) is 0 Å². The van der Waals surface area contributed by atoms with Crippen LogP contribution in [0.25, 0.3) is 0 Å². The summed E-state index contributed by atoms with van der Waals surface area (Å²) in [5, 5.41) is 0. The van der Waals surface area contributed by atoms with E-state index < -0.39 is 0 Å². The first-order valence-electron chi connectivity index (χ1n) is 5.13. The number of benzene rings is 1. The van der Waals surface area contributed by atoms with Gasteiger partial charge in [-0.25, -0.2) is 0 Å². The zero-order chi connectivity index (χ0) is 10.4. The van der Waals surface area contributed by atoms with Crippen molar-refractivity contribution >= 4 is 0 Å². The van der Waals surface area contributed by atoms with Gasteiger partial charge < -0.3 is 10.5 Å². The van der Waals surface area contributed by atoms with E-state index in [4.69, 9.17) is 10.5 Å². The minimum atomic E-state index is 0.330. The largest absolute Gasteiger partial charge is 0.381 e. The van der Waals surface area contributed by atoms with Gasteiger partial charge in [-0.2, -0.15) is 0 Å². The molecule has 0 aliphatic rings. The van der Waals surface area contributed by atoms with Crippen molar-refractivity contribution in [1.29, 1.82) is 0 Å². The van der Waals surface area contributed by atoms with Crippen molar-refractivity contribution in [3.8, 4) is 0 Å². The molecule has 0 aliphatic carbocycles. The molecule has 2 heteroatoms. The maximum absolute atomic E-state index is 5.73. The molecule has 2 N–H and O–H groups in total. The molecule has 1 aromatic rings. The Bertz CT molecular complexity index is 273. The molecule has 0 aromatic heterocycles. The van der Waals surface area contributed by atoms with Gasteiger partial charge in [0.15, 0.2) is 0 Å². The molecule has 0 fully saturated rings. The van der Waals surface area contributed by atoms with Crippen molar-refractivity contribution in [1.82, 2.24) is 0 Å². The van der Waals surface area contributed by atoms with E-state index in [0.29, 0.717) is 12.5 Å². The molecule has 14 heavy (non-hydrogen) atoms. The zero-order valence-electron chi connectivity index (χ0n) is 8.99. The Hall–Kier alpha value is -0.860. The predicted octanol–water partition coefficient (Wildman–Crippen LogP) is 2.07. The molecule has 2 nitrogen and oxygen atoms in total. The van der Waals surface area contributed by atoms with Crippen LogP contribution in [0.1, 0.15) is 24.0 Å². The second-order valence-electron chi connectivity index (χ2n) is 3.45. The van der Waals surface area contributed by atoms with Crippen LogP contribution in [0.5, 0.6) is 0 Å². The van der Waals surface area contributed by atoms with Crippen LogP contribution in [-0.4, -0.2) is 19.8 Å². The number of nitrogens with two attached hydrogens (primary N) is 1. The summed E-state index contributed by atoms with van der Waals surface area (Å²) in [5.41, 5.74) is 8.34. The lowest BCUT2D eigenvalue weighted by atomic mass is 9.96. The van der Waals surface area contributed by atoms with Gasteiger partial charge in [0.2, 0.25) is 0 Å². The van der Waals surface area contributed by atoms with Gasteiger partial charge in [0.05, 0.1) is 6.61 Å². The van der Waals surface area contributed by atoms with Crippen LogP contribution in [0.15, 0.2) is 24.3 Å². The van der Waals surface area contributed by atoms with Crippen molar-refractivity contribution in [2.75, 3.05) is 19.8 Å². The number of ether oxygens (including phenoxy) is 1. The second kappa shape index (κ2) is 5.78. The van der Waals surface area contributed by atoms with Crippen LogP contribution >= 0.6 is 0 Å². The topological polar surface area (TPSA) is 35.2 Å². The third kappa shape index (κ3) is 2.82. The maximum Gasteiger partial charge on any atom is 0.0546 e. The SMILES string of the molecule is CCOCC(CN)c1ccccc1C. The average Bonchev–Trinajstić information content (AvgIpc) is 2.21. The summed E-state index contributed by atoms with van der Waals surface area (Å²) in [6.45, 7) is 6.24. The summed E-state index contributed by atoms with van der Waals surface area (Å²) >= 11 is 0. The first-order chi connectivity index (χ1) is 6.79. The number of hydrogen-bond acceptors (Lipinski definition) is 2. The van der Waals surface area contributed by atoms with Gasteiger partial charge >= 0.3 is 0 Å². The minimum Gasteiger partial charge on any atom is -0.381 e. The van der Waals surface area contributed by atoms with Gasteiger partial charge in [-0.3, -0.25) is 0 Å². The zero-order valence-corrected chi connectivity index (χ0v) is 8.99. The summed E-state index contributed by atoms with van der Waals surface area (Å²) in [6.07, 6.45) is 0. The normalized spacial score (nSPS) is 12.8. The van der Waals surface area contributed by atoms with E-state index in [1.165, 1.54) is 11.1 Å². The molecule has 1 aromatic carbocycles. The van der Waals surface area contributed by atoms with Gasteiger partial charge in [0, 0.05) is 19.1 Å². The second-order valence-corrected chi connectivity index (χ2v) is 3.45. The predicted molar refractivity (Wildman–Crippen MR) is 59.5 cm³/mol. The summed E-state index contributed by atoms with van der Waals surface area (Å²) < 4.78 is 5.42. The lowest BCUT2D eigenvalue weighted by Crippen LogP contribution is -2.18. The molecule has 0 bridgehead atoms. The fourth-order valence-electron chi connectivity index (χ4n) is 1.59. The highest BCUT2D eigenvalue weighted by molar-refractivity contribution is 5.29. The molecule has 78 valence electrons. The van der Waals surface area contributed by atoms with Crippen LogP contribution in [0.2, 0.25) is 0 Å². The number of rotatable bonds is 5. The summed E-state index contributed by atoms with van der Waals surface area (Å²) in [6, 6.07) is 8.35. The summed E-state index contributed by atoms with van der Waals surface area (Å²) in [4.78, 5) is 0. The van der Waals surface area contributed by atoms with Gasteiger partial charge in [0.25, 0.3) is 0 Å². The Balaban J connectivity index is 2.73. The van der Waals surface area contributed by atoms with Crippen LogP contribution in [-0.2, 0) is 4.74 Å². The monoisotopic (exact) mass is 193 g/mol. The van der Waals surface area contributed by atoms with E-state index in [1.54, 1.807) is 0 Å². The Kier molecular flexibility index (Phi) is 4.63. The fourth-order valence-corrected chi connectivity index (χ4v) is 1.59. The highest BCUT2D eigenvalue weighted by Gasteiger charge is 2.11. The molecular formula is C12H19NO. The average molecular weight is 193 g/mol. The van der Waals surface area contributed by atoms with E-state index in [0.717, 1.165) is 13.2 Å². The number of hydrogen-bond donors (Lipinski definition) is 1. The highest BCUT2D eigenvalue weighted by Crippen LogP contribution is 2.18. The van der Waals surface area contributed by atoms with Gasteiger partial charge in [-0.15, -0.1) is 0 Å². The lowest BCUT2D eigenvalue weighted by molar-refractivity contribution is 0.133. The standard InChI is InChI=1S/C12H19NO/c1-3-14-9-11(8-13)12-7-5-4-6-10(12)2/h4-7,11H,3,8-9,13H2,1-2H3. The Labute approximate surface area is 86.1 Å². The van der Waals surface area contributed by atoms with Gasteiger partial charge in [-0.05, 0) is 25.0 Å². The fraction of sp³-hybridized carbons (Fsp3) is 0.500. The molecule has 1 unspecified atom stereocenters. The third-order valence-corrected chi connectivity index (χ3v) is 2.44. The molecule has 0 amide bonds. The van der Waals surface area contributed by atoms with Crippen molar-refractivity contribution in [3.63, 3.8) is 0 Å². The molecule has 0 heterocycles. The molecule has 0 saturated heterocycles. The molecular weight excluding hydrogens is 174 g/mol. The lowest BCUT2D eigenvalue weighted by Gasteiger charge is -2.17. The smallest absolute Gasteiger partial charge is 0.0546 e. The Morgan fingerprint density at radius 2 is 2.07 bits per heavy atom. The van der Waals surface area contributed by atoms with Crippen LogP contribution in [0, 0.1) is 6.92 Å². The third-order valence-electron chi connectivity index (χ3n) is 2.44. The summed E-state index contributed by atoms with van der Waals surface area (Å²) in [7, 11) is 0. The summed E-state index contributed by atoms with van der Waals surface area (Å²) in [5.74, 6) is 0.330. The van der Waals surface area contributed by atoms with E-state index in [1.807, 2.05) is 13.0 Å². The minimum absolute atomic E-state index is 0.330.